The minimum atomic E-state index is -2.98. The molecule has 1 unspecified atom stereocenters. The van der Waals surface area contributed by atoms with Crippen molar-refractivity contribution in [1.82, 2.24) is 4.67 Å². The van der Waals surface area contributed by atoms with Crippen LogP contribution in [0.15, 0.2) is 95.3 Å². The monoisotopic (exact) mass is 407 g/mol. The highest BCUT2D eigenvalue weighted by molar-refractivity contribution is 7.76. The molecule has 1 aromatic heterocycles. The van der Waals surface area contributed by atoms with E-state index in [-0.39, 0.29) is 12.1 Å². The van der Waals surface area contributed by atoms with Crippen LogP contribution in [0.2, 0.25) is 19.6 Å². The van der Waals surface area contributed by atoms with Gasteiger partial charge >= 0.3 is 0 Å². The predicted octanol–water partition coefficient (Wildman–Crippen LogP) is 5.37. The second kappa shape index (κ2) is 7.36. The van der Waals surface area contributed by atoms with Gasteiger partial charge in [-0.3, -0.25) is 4.57 Å². The van der Waals surface area contributed by atoms with Gasteiger partial charge in [-0.05, 0) is 36.4 Å². The summed E-state index contributed by atoms with van der Waals surface area (Å²) in [6.45, 7) is 6.93. The molecule has 0 bridgehead atoms. The molecule has 4 rings (SSSR count). The molecule has 144 valence electrons. The van der Waals surface area contributed by atoms with E-state index in [4.69, 9.17) is 4.42 Å². The molecule has 28 heavy (non-hydrogen) atoms. The highest BCUT2D eigenvalue weighted by Gasteiger charge is 2.58. The summed E-state index contributed by atoms with van der Waals surface area (Å²) in [7, 11) is -4.35. The lowest BCUT2D eigenvalue weighted by Crippen LogP contribution is -2.22. The molecule has 1 fully saturated rings. The molecule has 0 N–H and O–H groups in total. The zero-order chi connectivity index (χ0) is 19.8. The number of hydrogen-bond donors (Lipinski definition) is 0. The second-order valence-corrected chi connectivity index (χ2v) is 16.0. The Bertz CT molecular complexity index is 951. The summed E-state index contributed by atoms with van der Waals surface area (Å²) in [6.07, 6.45) is 3.94. The highest BCUT2D eigenvalue weighted by atomic mass is 31.2. The first-order valence-corrected chi connectivity index (χ1v) is 14.9. The lowest BCUT2D eigenvalue weighted by Gasteiger charge is -2.21. The van der Waals surface area contributed by atoms with Gasteiger partial charge in [0, 0.05) is 10.6 Å². The average Bonchev–Trinajstić information content (AvgIpc) is 3.17. The Morgan fingerprint density at radius 3 is 1.93 bits per heavy atom. The van der Waals surface area contributed by atoms with Crippen molar-refractivity contribution in [3.05, 3.63) is 96.6 Å². The number of benzene rings is 2. The van der Waals surface area contributed by atoms with Crippen molar-refractivity contribution in [2.24, 2.45) is 0 Å². The predicted molar refractivity (Wildman–Crippen MR) is 119 cm³/mol. The molecule has 1 aliphatic heterocycles. The van der Waals surface area contributed by atoms with E-state index in [1.807, 2.05) is 72.8 Å². The Hall–Kier alpha value is -2.13. The van der Waals surface area contributed by atoms with E-state index in [0.717, 1.165) is 16.4 Å². The van der Waals surface area contributed by atoms with Crippen LogP contribution in [0.4, 0.5) is 0 Å². The number of hydrogen-bond acceptors (Lipinski definition) is 2. The number of furan rings is 1. The molecule has 1 saturated heterocycles. The van der Waals surface area contributed by atoms with Gasteiger partial charge in [0.05, 0.1) is 26.4 Å². The van der Waals surface area contributed by atoms with E-state index >= 15 is 0 Å². The Morgan fingerprint density at radius 1 is 0.893 bits per heavy atom. The first-order valence-electron chi connectivity index (χ1n) is 9.64. The third-order valence-corrected chi connectivity index (χ3v) is 9.34. The van der Waals surface area contributed by atoms with Gasteiger partial charge in [-0.15, -0.1) is 0 Å². The average molecular weight is 408 g/mol. The maximum absolute atomic E-state index is 14.7. The van der Waals surface area contributed by atoms with Gasteiger partial charge in [-0.1, -0.05) is 67.8 Å². The van der Waals surface area contributed by atoms with Gasteiger partial charge in [0.1, 0.15) is 5.76 Å². The van der Waals surface area contributed by atoms with Crippen LogP contribution in [0.1, 0.15) is 11.8 Å². The van der Waals surface area contributed by atoms with Crippen LogP contribution >= 0.6 is 7.29 Å². The summed E-state index contributed by atoms with van der Waals surface area (Å²) in [5.74, 6) is 0.873. The van der Waals surface area contributed by atoms with E-state index in [1.165, 1.54) is 0 Å². The standard InChI is InChI=1S/C23H26NO2PSi/c1-28(2,3)18-16-21-23(22-15-10-17-26-22)24(21)27(25,19-11-6-4-7-12-19)20-13-8-5-9-14-20/h4-18,21,23H,1-3H3/b18-16+/t21-,23+,24?/m1/s1. The topological polar surface area (TPSA) is 33.2 Å². The van der Waals surface area contributed by atoms with Crippen molar-refractivity contribution < 1.29 is 8.98 Å². The van der Waals surface area contributed by atoms with Crippen LogP contribution in [-0.2, 0) is 4.57 Å². The molecule has 0 saturated carbocycles. The van der Waals surface area contributed by atoms with Crippen molar-refractivity contribution in [2.45, 2.75) is 31.7 Å². The number of nitrogens with zero attached hydrogens (tertiary/aromatic N) is 1. The van der Waals surface area contributed by atoms with Crippen molar-refractivity contribution >= 4 is 26.0 Å². The summed E-state index contributed by atoms with van der Waals surface area (Å²) in [5, 5.41) is 1.73. The molecular formula is C23H26NO2PSi. The fourth-order valence-electron chi connectivity index (χ4n) is 3.62. The third kappa shape index (κ3) is 3.60. The van der Waals surface area contributed by atoms with Crippen LogP contribution in [-0.4, -0.2) is 18.8 Å². The Kier molecular flexibility index (Phi) is 5.05. The Morgan fingerprint density at radius 2 is 1.46 bits per heavy atom. The summed E-state index contributed by atoms with van der Waals surface area (Å²) >= 11 is 0. The summed E-state index contributed by atoms with van der Waals surface area (Å²) in [5.41, 5.74) is 2.34. The van der Waals surface area contributed by atoms with Crippen LogP contribution in [0.5, 0.6) is 0 Å². The van der Waals surface area contributed by atoms with E-state index in [2.05, 4.69) is 36.1 Å². The lowest BCUT2D eigenvalue weighted by atomic mass is 10.2. The fraction of sp³-hybridized carbons (Fsp3) is 0.217. The molecule has 3 nitrogen and oxygen atoms in total. The van der Waals surface area contributed by atoms with Crippen LogP contribution in [0.25, 0.3) is 0 Å². The fourth-order valence-corrected chi connectivity index (χ4v) is 7.49. The third-order valence-electron chi connectivity index (χ3n) is 4.99. The van der Waals surface area contributed by atoms with Gasteiger partial charge in [-0.2, -0.15) is 0 Å². The highest BCUT2D eigenvalue weighted by Crippen LogP contribution is 2.64. The Balaban J connectivity index is 1.83. The molecular weight excluding hydrogens is 381 g/mol. The summed E-state index contributed by atoms with van der Waals surface area (Å²) < 4.78 is 22.6. The largest absolute Gasteiger partial charge is 0.468 e. The van der Waals surface area contributed by atoms with Gasteiger partial charge < -0.3 is 4.42 Å². The minimum Gasteiger partial charge on any atom is -0.468 e. The van der Waals surface area contributed by atoms with Crippen molar-refractivity contribution in [3.63, 3.8) is 0 Å². The first-order chi connectivity index (χ1) is 13.4. The van der Waals surface area contributed by atoms with Crippen LogP contribution < -0.4 is 10.6 Å². The van der Waals surface area contributed by atoms with Crippen molar-refractivity contribution in [1.29, 1.82) is 0 Å². The zero-order valence-electron chi connectivity index (χ0n) is 16.5. The lowest BCUT2D eigenvalue weighted by molar-refractivity contribution is 0.489. The Labute approximate surface area is 168 Å². The van der Waals surface area contributed by atoms with Gasteiger partial charge in [0.2, 0.25) is 7.29 Å². The van der Waals surface area contributed by atoms with Crippen LogP contribution in [0, 0.1) is 0 Å². The first kappa shape index (κ1) is 19.2. The summed E-state index contributed by atoms with van der Waals surface area (Å²) in [4.78, 5) is 0. The molecule has 2 heterocycles. The van der Waals surface area contributed by atoms with Crippen molar-refractivity contribution in [3.8, 4) is 0 Å². The second-order valence-electron chi connectivity index (χ2n) is 8.30. The molecule has 1 aliphatic rings. The van der Waals surface area contributed by atoms with E-state index in [1.54, 1.807) is 6.26 Å². The van der Waals surface area contributed by atoms with Gasteiger partial charge in [0.15, 0.2) is 0 Å². The molecule has 0 aliphatic carbocycles. The van der Waals surface area contributed by atoms with Crippen LogP contribution in [0.3, 0.4) is 0 Å². The summed E-state index contributed by atoms with van der Waals surface area (Å²) in [6, 6.07) is 23.6. The molecule has 3 atom stereocenters. The molecule has 0 amide bonds. The van der Waals surface area contributed by atoms with E-state index < -0.39 is 15.4 Å². The van der Waals surface area contributed by atoms with E-state index in [0.29, 0.717) is 0 Å². The van der Waals surface area contributed by atoms with Gasteiger partial charge in [-0.25, -0.2) is 4.67 Å². The van der Waals surface area contributed by atoms with Crippen molar-refractivity contribution in [2.75, 3.05) is 0 Å². The maximum atomic E-state index is 14.7. The SMILES string of the molecule is C[Si](C)(C)/C=C/[C@@H]1[C@@H](c2ccco2)N1P(=O)(c1ccccc1)c1ccccc1. The molecule has 5 heteroatoms. The molecule has 0 spiro atoms. The van der Waals surface area contributed by atoms with Gasteiger partial charge in [0.25, 0.3) is 0 Å². The molecule has 0 radical (unpaired) electrons. The maximum Gasteiger partial charge on any atom is 0.208 e. The molecule has 3 aromatic rings. The smallest absolute Gasteiger partial charge is 0.208 e. The quantitative estimate of drug-likeness (QED) is 0.313. The van der Waals surface area contributed by atoms with E-state index in [9.17, 15) is 4.57 Å². The minimum absolute atomic E-state index is 0.00570. The molecule has 2 aromatic carbocycles. The normalized spacial score (nSPS) is 22.5. The zero-order valence-corrected chi connectivity index (χ0v) is 18.4. The number of rotatable bonds is 6.